The lowest BCUT2D eigenvalue weighted by Gasteiger charge is -2.29. The van der Waals surface area contributed by atoms with E-state index in [1.165, 1.54) is 32.1 Å². The van der Waals surface area contributed by atoms with Gasteiger partial charge >= 0.3 is 5.97 Å². The number of benzene rings is 1. The predicted molar refractivity (Wildman–Crippen MR) is 78.0 cm³/mol. The highest BCUT2D eigenvalue weighted by Gasteiger charge is 2.16. The SMILES string of the molecule is Cc1cc(C(=O)O)ccc1N(C)CC1CCCCC1. The molecule has 1 saturated carbocycles. The third-order valence-electron chi connectivity index (χ3n) is 4.11. The van der Waals surface area contributed by atoms with E-state index in [1.54, 1.807) is 12.1 Å². The third-order valence-corrected chi connectivity index (χ3v) is 4.11. The number of carboxylic acid groups (broad SMARTS) is 1. The second kappa shape index (κ2) is 6.09. The minimum absolute atomic E-state index is 0.368. The number of anilines is 1. The topological polar surface area (TPSA) is 40.5 Å². The fourth-order valence-corrected chi connectivity index (χ4v) is 3.07. The van der Waals surface area contributed by atoms with Gasteiger partial charge in [0.1, 0.15) is 0 Å². The highest BCUT2D eigenvalue weighted by molar-refractivity contribution is 5.88. The lowest BCUT2D eigenvalue weighted by Crippen LogP contribution is -2.27. The molecule has 0 atom stereocenters. The summed E-state index contributed by atoms with van der Waals surface area (Å²) in [6.45, 7) is 3.06. The van der Waals surface area contributed by atoms with Crippen molar-refractivity contribution in [3.8, 4) is 0 Å². The van der Waals surface area contributed by atoms with E-state index in [0.29, 0.717) is 5.56 Å². The normalized spacial score (nSPS) is 16.3. The molecule has 3 nitrogen and oxygen atoms in total. The van der Waals surface area contributed by atoms with E-state index in [4.69, 9.17) is 5.11 Å². The molecule has 19 heavy (non-hydrogen) atoms. The summed E-state index contributed by atoms with van der Waals surface area (Å²) in [6, 6.07) is 5.39. The van der Waals surface area contributed by atoms with Gasteiger partial charge in [-0.1, -0.05) is 19.3 Å². The van der Waals surface area contributed by atoms with E-state index in [0.717, 1.165) is 23.7 Å². The van der Waals surface area contributed by atoms with Crippen LogP contribution in [0.5, 0.6) is 0 Å². The van der Waals surface area contributed by atoms with Crippen LogP contribution in [0, 0.1) is 12.8 Å². The Balaban J connectivity index is 2.05. The smallest absolute Gasteiger partial charge is 0.335 e. The summed E-state index contributed by atoms with van der Waals surface area (Å²) in [5.41, 5.74) is 2.56. The minimum atomic E-state index is -0.857. The van der Waals surface area contributed by atoms with Crippen LogP contribution in [-0.4, -0.2) is 24.7 Å². The molecule has 0 spiro atoms. The zero-order valence-electron chi connectivity index (χ0n) is 11.9. The molecule has 1 N–H and O–H groups in total. The molecule has 1 fully saturated rings. The molecule has 0 aliphatic heterocycles. The van der Waals surface area contributed by atoms with Gasteiger partial charge in [-0.2, -0.15) is 0 Å². The quantitative estimate of drug-likeness (QED) is 0.898. The molecule has 1 aromatic rings. The first-order valence-corrected chi connectivity index (χ1v) is 7.13. The molecule has 0 unspecified atom stereocenters. The van der Waals surface area contributed by atoms with Crippen LogP contribution in [0.15, 0.2) is 18.2 Å². The van der Waals surface area contributed by atoms with Crippen molar-refractivity contribution >= 4 is 11.7 Å². The van der Waals surface area contributed by atoms with E-state index in [9.17, 15) is 4.79 Å². The first-order chi connectivity index (χ1) is 9.08. The standard InChI is InChI=1S/C16H23NO2/c1-12-10-14(16(18)19)8-9-15(12)17(2)11-13-6-4-3-5-7-13/h8-10,13H,3-7,11H2,1-2H3,(H,18,19). The van der Waals surface area contributed by atoms with Crippen molar-refractivity contribution in [2.75, 3.05) is 18.5 Å². The minimum Gasteiger partial charge on any atom is -0.478 e. The summed E-state index contributed by atoms with van der Waals surface area (Å²) in [6.07, 6.45) is 6.75. The van der Waals surface area contributed by atoms with E-state index >= 15 is 0 Å². The summed E-state index contributed by atoms with van der Waals surface area (Å²) in [7, 11) is 2.11. The Morgan fingerprint density at radius 1 is 1.32 bits per heavy atom. The van der Waals surface area contributed by atoms with Gasteiger partial charge in [0.05, 0.1) is 5.56 Å². The molecule has 3 heteroatoms. The molecule has 1 aliphatic carbocycles. The highest BCUT2D eigenvalue weighted by Crippen LogP contribution is 2.27. The Morgan fingerprint density at radius 3 is 2.58 bits per heavy atom. The van der Waals surface area contributed by atoms with Crippen molar-refractivity contribution in [2.45, 2.75) is 39.0 Å². The van der Waals surface area contributed by atoms with Crippen molar-refractivity contribution in [3.05, 3.63) is 29.3 Å². The van der Waals surface area contributed by atoms with Gasteiger partial charge in [0, 0.05) is 19.3 Å². The van der Waals surface area contributed by atoms with E-state index in [1.807, 2.05) is 13.0 Å². The van der Waals surface area contributed by atoms with Crippen LogP contribution in [-0.2, 0) is 0 Å². The zero-order chi connectivity index (χ0) is 13.8. The molecule has 1 aromatic carbocycles. The number of carboxylic acids is 1. The van der Waals surface area contributed by atoms with Gasteiger partial charge in [0.15, 0.2) is 0 Å². The fraction of sp³-hybridized carbons (Fsp3) is 0.562. The van der Waals surface area contributed by atoms with Crippen LogP contribution >= 0.6 is 0 Å². The van der Waals surface area contributed by atoms with E-state index in [-0.39, 0.29) is 0 Å². The fourth-order valence-electron chi connectivity index (χ4n) is 3.07. The average Bonchev–Trinajstić information content (AvgIpc) is 2.39. The van der Waals surface area contributed by atoms with Crippen LogP contribution in [0.2, 0.25) is 0 Å². The summed E-state index contributed by atoms with van der Waals surface area (Å²) >= 11 is 0. The number of carbonyl (C=O) groups is 1. The molecule has 0 saturated heterocycles. The summed E-state index contributed by atoms with van der Waals surface area (Å²) in [4.78, 5) is 13.2. The molecule has 2 rings (SSSR count). The number of nitrogens with zero attached hydrogens (tertiary/aromatic N) is 1. The summed E-state index contributed by atoms with van der Waals surface area (Å²) in [5.74, 6) is -0.0677. The van der Waals surface area contributed by atoms with Crippen molar-refractivity contribution < 1.29 is 9.90 Å². The van der Waals surface area contributed by atoms with Gasteiger partial charge in [-0.15, -0.1) is 0 Å². The Morgan fingerprint density at radius 2 is 2.00 bits per heavy atom. The summed E-state index contributed by atoms with van der Waals surface area (Å²) in [5, 5.41) is 8.99. The van der Waals surface area contributed by atoms with Crippen LogP contribution in [0.25, 0.3) is 0 Å². The lowest BCUT2D eigenvalue weighted by atomic mass is 9.89. The predicted octanol–water partition coefficient (Wildman–Crippen LogP) is 3.71. The second-order valence-electron chi connectivity index (χ2n) is 5.69. The molecule has 0 heterocycles. The lowest BCUT2D eigenvalue weighted by molar-refractivity contribution is 0.0697. The number of aryl methyl sites for hydroxylation is 1. The Labute approximate surface area is 115 Å². The monoisotopic (exact) mass is 261 g/mol. The van der Waals surface area contributed by atoms with Crippen LogP contribution in [0.4, 0.5) is 5.69 Å². The molecule has 0 bridgehead atoms. The molecular formula is C16H23NO2. The van der Waals surface area contributed by atoms with Crippen LogP contribution in [0.1, 0.15) is 48.0 Å². The molecule has 0 amide bonds. The number of rotatable bonds is 4. The first-order valence-electron chi connectivity index (χ1n) is 7.13. The number of hydrogen-bond donors (Lipinski definition) is 1. The Hall–Kier alpha value is -1.51. The molecule has 0 radical (unpaired) electrons. The van der Waals surface area contributed by atoms with Gasteiger partial charge in [0.2, 0.25) is 0 Å². The second-order valence-corrected chi connectivity index (χ2v) is 5.69. The average molecular weight is 261 g/mol. The zero-order valence-corrected chi connectivity index (χ0v) is 11.9. The molecule has 104 valence electrons. The molecule has 0 aromatic heterocycles. The highest BCUT2D eigenvalue weighted by atomic mass is 16.4. The maximum Gasteiger partial charge on any atom is 0.335 e. The van der Waals surface area contributed by atoms with Gasteiger partial charge < -0.3 is 10.0 Å². The van der Waals surface area contributed by atoms with E-state index < -0.39 is 5.97 Å². The first kappa shape index (κ1) is 13.9. The Bertz CT molecular complexity index is 450. The maximum absolute atomic E-state index is 10.9. The maximum atomic E-state index is 10.9. The molecular weight excluding hydrogens is 238 g/mol. The van der Waals surface area contributed by atoms with Gasteiger partial charge in [-0.05, 0) is 49.4 Å². The van der Waals surface area contributed by atoms with Gasteiger partial charge in [0.25, 0.3) is 0 Å². The van der Waals surface area contributed by atoms with Gasteiger partial charge in [-0.25, -0.2) is 4.79 Å². The van der Waals surface area contributed by atoms with Crippen LogP contribution in [0.3, 0.4) is 0 Å². The third kappa shape index (κ3) is 3.49. The number of aromatic carboxylic acids is 1. The summed E-state index contributed by atoms with van der Waals surface area (Å²) < 4.78 is 0. The van der Waals surface area contributed by atoms with E-state index in [2.05, 4.69) is 11.9 Å². The van der Waals surface area contributed by atoms with Crippen molar-refractivity contribution in [1.82, 2.24) is 0 Å². The van der Waals surface area contributed by atoms with Crippen molar-refractivity contribution in [2.24, 2.45) is 5.92 Å². The molecule has 1 aliphatic rings. The van der Waals surface area contributed by atoms with Gasteiger partial charge in [-0.3, -0.25) is 0 Å². The van der Waals surface area contributed by atoms with Crippen molar-refractivity contribution in [1.29, 1.82) is 0 Å². The van der Waals surface area contributed by atoms with Crippen molar-refractivity contribution in [3.63, 3.8) is 0 Å². The Kier molecular flexibility index (Phi) is 4.46. The number of hydrogen-bond acceptors (Lipinski definition) is 2. The largest absolute Gasteiger partial charge is 0.478 e. The van der Waals surface area contributed by atoms with Crippen LogP contribution < -0.4 is 4.90 Å².